The van der Waals surface area contributed by atoms with Gasteiger partial charge in [-0.05, 0) is 6.92 Å². The number of hydrogen-bond acceptors (Lipinski definition) is 5. The summed E-state index contributed by atoms with van der Waals surface area (Å²) in [5.74, 6) is -1.10. The van der Waals surface area contributed by atoms with Crippen molar-refractivity contribution in [2.45, 2.75) is 25.7 Å². The van der Waals surface area contributed by atoms with Crippen molar-refractivity contribution in [3.05, 3.63) is 32.6 Å². The molecule has 3 atom stereocenters. The van der Waals surface area contributed by atoms with E-state index >= 15 is 0 Å². The molecule has 0 bridgehead atoms. The van der Waals surface area contributed by atoms with Crippen molar-refractivity contribution < 1.29 is 19.0 Å². The molecule has 0 unspecified atom stereocenters. The van der Waals surface area contributed by atoms with Crippen LogP contribution < -0.4 is 11.2 Å². The van der Waals surface area contributed by atoms with Gasteiger partial charge >= 0.3 is 11.7 Å². The number of aliphatic hydroxyl groups excluding tert-OH is 1. The fraction of sp³-hybridized carbons (Fsp3) is 0.545. The van der Waals surface area contributed by atoms with Crippen molar-refractivity contribution in [2.24, 2.45) is 5.92 Å². The number of halogens is 1. The van der Waals surface area contributed by atoms with E-state index in [0.29, 0.717) is 5.56 Å². The monoisotopic (exact) mass is 272 g/mol. The van der Waals surface area contributed by atoms with Crippen molar-refractivity contribution in [3.63, 3.8) is 0 Å². The number of carbonyl (C=O) groups is 1. The van der Waals surface area contributed by atoms with Crippen molar-refractivity contribution in [3.8, 4) is 0 Å². The lowest BCUT2D eigenvalue weighted by Crippen LogP contribution is -2.33. The summed E-state index contributed by atoms with van der Waals surface area (Å²) in [6.07, 6.45) is -0.649. The van der Waals surface area contributed by atoms with Gasteiger partial charge in [-0.25, -0.2) is 4.79 Å². The Bertz CT molecular complexity index is 608. The molecule has 1 aromatic heterocycles. The predicted molar refractivity (Wildman–Crippen MR) is 61.3 cm³/mol. The lowest BCUT2D eigenvalue weighted by Gasteiger charge is -2.14. The minimum absolute atomic E-state index is 0.0635. The van der Waals surface area contributed by atoms with Gasteiger partial charge in [0.15, 0.2) is 0 Å². The normalized spacial score (nSPS) is 26.6. The summed E-state index contributed by atoms with van der Waals surface area (Å²) in [4.78, 5) is 35.8. The van der Waals surface area contributed by atoms with Crippen LogP contribution >= 0.6 is 0 Å². The molecule has 2 N–H and O–H groups in total. The number of aryl methyl sites for hydroxylation is 1. The SMILES string of the molecule is Cc1cn([C@H]2C[C@@H](C(=O)F)[C@@H](CO)O2)c(=O)[nH]c1=O. The molecule has 8 heteroatoms. The third kappa shape index (κ3) is 2.49. The summed E-state index contributed by atoms with van der Waals surface area (Å²) in [6.45, 7) is 0.985. The molecule has 2 heterocycles. The number of nitrogens with zero attached hydrogens (tertiary/aromatic N) is 1. The van der Waals surface area contributed by atoms with Gasteiger partial charge in [-0.2, -0.15) is 4.39 Å². The summed E-state index contributed by atoms with van der Waals surface area (Å²) in [7, 11) is 0. The van der Waals surface area contributed by atoms with Gasteiger partial charge < -0.3 is 9.84 Å². The van der Waals surface area contributed by atoms with Crippen LogP contribution in [-0.2, 0) is 9.53 Å². The number of nitrogens with one attached hydrogen (secondary N) is 1. The topological polar surface area (TPSA) is 101 Å². The average Bonchev–Trinajstić information content (AvgIpc) is 2.77. The van der Waals surface area contributed by atoms with Gasteiger partial charge in [0.1, 0.15) is 6.23 Å². The molecule has 1 aliphatic heterocycles. The van der Waals surface area contributed by atoms with Crippen molar-refractivity contribution in [1.82, 2.24) is 9.55 Å². The zero-order valence-corrected chi connectivity index (χ0v) is 10.1. The highest BCUT2D eigenvalue weighted by Crippen LogP contribution is 2.33. The number of ether oxygens (including phenoxy) is 1. The Morgan fingerprint density at radius 1 is 1.63 bits per heavy atom. The van der Waals surface area contributed by atoms with E-state index in [9.17, 15) is 18.8 Å². The second-order valence-corrected chi connectivity index (χ2v) is 4.44. The van der Waals surface area contributed by atoms with Crippen LogP contribution in [0.4, 0.5) is 4.39 Å². The molecular weight excluding hydrogens is 259 g/mol. The van der Waals surface area contributed by atoms with Gasteiger partial charge in [-0.15, -0.1) is 0 Å². The largest absolute Gasteiger partial charge is 0.394 e. The zero-order chi connectivity index (χ0) is 14.2. The fourth-order valence-electron chi connectivity index (χ4n) is 2.11. The molecule has 0 aliphatic carbocycles. The third-order valence-electron chi connectivity index (χ3n) is 3.16. The van der Waals surface area contributed by atoms with E-state index in [1.807, 2.05) is 0 Å². The lowest BCUT2D eigenvalue weighted by atomic mass is 10.0. The van der Waals surface area contributed by atoms with Crippen LogP contribution in [0.5, 0.6) is 0 Å². The molecule has 2 rings (SSSR count). The van der Waals surface area contributed by atoms with Crippen LogP contribution in [-0.4, -0.2) is 33.4 Å². The Kier molecular flexibility index (Phi) is 3.63. The molecule has 0 spiro atoms. The summed E-state index contributed by atoms with van der Waals surface area (Å²) in [5, 5.41) is 9.03. The van der Waals surface area contributed by atoms with Crippen LogP contribution in [0.15, 0.2) is 15.8 Å². The van der Waals surface area contributed by atoms with E-state index in [2.05, 4.69) is 4.98 Å². The quantitative estimate of drug-likeness (QED) is 0.704. The first kappa shape index (κ1) is 13.6. The van der Waals surface area contributed by atoms with E-state index in [-0.39, 0.29) is 6.42 Å². The number of hydrogen-bond donors (Lipinski definition) is 2. The maximum Gasteiger partial charge on any atom is 0.330 e. The molecule has 0 saturated carbocycles. The Labute approximate surface area is 106 Å². The van der Waals surface area contributed by atoms with Crippen LogP contribution in [0, 0.1) is 12.8 Å². The average molecular weight is 272 g/mol. The fourth-order valence-corrected chi connectivity index (χ4v) is 2.11. The van der Waals surface area contributed by atoms with Crippen LogP contribution in [0.1, 0.15) is 18.2 Å². The van der Waals surface area contributed by atoms with E-state index in [1.54, 1.807) is 0 Å². The molecule has 19 heavy (non-hydrogen) atoms. The summed E-state index contributed by atoms with van der Waals surface area (Å²) >= 11 is 0. The van der Waals surface area contributed by atoms with Gasteiger partial charge in [0.2, 0.25) is 0 Å². The number of aromatic nitrogens is 2. The molecule has 1 saturated heterocycles. The summed E-state index contributed by atoms with van der Waals surface area (Å²) < 4.78 is 19.2. The van der Waals surface area contributed by atoms with Gasteiger partial charge in [0, 0.05) is 18.2 Å². The predicted octanol–water partition coefficient (Wildman–Crippen LogP) is -0.763. The molecule has 1 aromatic rings. The Morgan fingerprint density at radius 3 is 2.84 bits per heavy atom. The molecule has 1 fully saturated rings. The minimum atomic E-state index is -1.59. The van der Waals surface area contributed by atoms with Gasteiger partial charge in [-0.1, -0.05) is 0 Å². The van der Waals surface area contributed by atoms with Crippen molar-refractivity contribution in [2.75, 3.05) is 6.61 Å². The van der Waals surface area contributed by atoms with Gasteiger partial charge in [0.25, 0.3) is 5.56 Å². The first-order valence-electron chi connectivity index (χ1n) is 5.71. The standard InChI is InChI=1S/C11H13FN2O5/c1-5-3-14(11(18)13-10(5)17)8-2-6(9(12)16)7(4-15)19-8/h3,6-8,15H,2,4H2,1H3,(H,13,17,18)/t6-,7-,8-/m1/s1. The van der Waals surface area contributed by atoms with Crippen molar-refractivity contribution >= 4 is 6.04 Å². The van der Waals surface area contributed by atoms with Crippen LogP contribution in [0.25, 0.3) is 0 Å². The molecule has 1 aliphatic rings. The van der Waals surface area contributed by atoms with E-state index in [1.165, 1.54) is 13.1 Å². The van der Waals surface area contributed by atoms with Gasteiger partial charge in [-0.3, -0.25) is 19.1 Å². The molecular formula is C11H13FN2O5. The zero-order valence-electron chi connectivity index (χ0n) is 10.1. The lowest BCUT2D eigenvalue weighted by molar-refractivity contribution is -0.136. The highest BCUT2D eigenvalue weighted by molar-refractivity contribution is 5.72. The smallest absolute Gasteiger partial charge is 0.330 e. The molecule has 0 aromatic carbocycles. The second kappa shape index (κ2) is 5.06. The Hall–Kier alpha value is -1.80. The third-order valence-corrected chi connectivity index (χ3v) is 3.16. The molecule has 104 valence electrons. The number of carbonyl (C=O) groups excluding carboxylic acids is 1. The highest BCUT2D eigenvalue weighted by atomic mass is 19.1. The minimum Gasteiger partial charge on any atom is -0.394 e. The molecule has 7 nitrogen and oxygen atoms in total. The van der Waals surface area contributed by atoms with Crippen LogP contribution in [0.2, 0.25) is 0 Å². The first-order valence-corrected chi connectivity index (χ1v) is 5.71. The second-order valence-electron chi connectivity index (χ2n) is 4.44. The Balaban J connectivity index is 2.35. The summed E-state index contributed by atoms with van der Waals surface area (Å²) in [6, 6.07) is -1.59. The number of aliphatic hydroxyl groups is 1. The maximum absolute atomic E-state index is 12.8. The van der Waals surface area contributed by atoms with Gasteiger partial charge in [0.05, 0.1) is 18.6 Å². The number of rotatable bonds is 3. The van der Waals surface area contributed by atoms with E-state index in [4.69, 9.17) is 9.84 Å². The van der Waals surface area contributed by atoms with E-state index < -0.39 is 42.1 Å². The van der Waals surface area contributed by atoms with Crippen LogP contribution in [0.3, 0.4) is 0 Å². The Morgan fingerprint density at radius 2 is 2.32 bits per heavy atom. The van der Waals surface area contributed by atoms with E-state index in [0.717, 1.165) is 4.57 Å². The first-order chi connectivity index (χ1) is 8.93. The molecule has 0 amide bonds. The highest BCUT2D eigenvalue weighted by Gasteiger charge is 2.40. The number of aromatic amines is 1. The number of H-pyrrole nitrogens is 1. The van der Waals surface area contributed by atoms with Crippen molar-refractivity contribution in [1.29, 1.82) is 0 Å². The maximum atomic E-state index is 12.8. The summed E-state index contributed by atoms with van der Waals surface area (Å²) in [5.41, 5.74) is -0.931. The molecule has 0 radical (unpaired) electrons.